The molecule has 0 saturated heterocycles. The van der Waals surface area contributed by atoms with Crippen LogP contribution in [0, 0.1) is 6.92 Å². The molecule has 8 nitrogen and oxygen atoms in total. The fraction of sp³-hybridized carbons (Fsp3) is 0.375. The number of carbonyl (C=O) groups excluding carboxylic acids is 1. The zero-order valence-electron chi connectivity index (χ0n) is 18.7. The van der Waals surface area contributed by atoms with Gasteiger partial charge in [-0.05, 0) is 49.9 Å². The number of aromatic nitrogens is 2. The van der Waals surface area contributed by atoms with Gasteiger partial charge in [0.2, 0.25) is 0 Å². The van der Waals surface area contributed by atoms with Gasteiger partial charge in [0, 0.05) is 31.7 Å². The molecule has 0 radical (unpaired) electrons. The van der Waals surface area contributed by atoms with Gasteiger partial charge in [0.05, 0.1) is 10.6 Å². The molecule has 174 valence electrons. The Morgan fingerprint density at radius 3 is 2.76 bits per heavy atom. The summed E-state index contributed by atoms with van der Waals surface area (Å²) in [7, 11) is -3.46. The second kappa shape index (κ2) is 10.2. The number of hydrogen-bond donors (Lipinski definition) is 1. The molecule has 9 heteroatoms. The van der Waals surface area contributed by atoms with Gasteiger partial charge in [0.25, 0.3) is 0 Å². The number of rotatable bonds is 9. The summed E-state index contributed by atoms with van der Waals surface area (Å²) < 4.78 is 30.0. The Hall–Kier alpha value is -3.20. The van der Waals surface area contributed by atoms with E-state index in [2.05, 4.69) is 44.6 Å². The van der Waals surface area contributed by atoms with Gasteiger partial charge in [-0.15, -0.1) is 0 Å². The lowest BCUT2D eigenvalue weighted by Gasteiger charge is -2.31. The SMILES string of the molecule is Cc1ccc(S(=O)(=O)CCc2noc(C(=O)NCCCN3CCCc4ccccc43)n2)cc1. The Balaban J connectivity index is 1.23. The van der Waals surface area contributed by atoms with Crippen LogP contribution in [0.1, 0.15) is 40.5 Å². The maximum absolute atomic E-state index is 12.5. The molecule has 0 aliphatic carbocycles. The number of sulfone groups is 1. The molecule has 3 aromatic rings. The summed E-state index contributed by atoms with van der Waals surface area (Å²) in [6.07, 6.45) is 3.10. The molecule has 33 heavy (non-hydrogen) atoms. The van der Waals surface area contributed by atoms with E-state index < -0.39 is 15.7 Å². The third-order valence-corrected chi connectivity index (χ3v) is 7.47. The van der Waals surface area contributed by atoms with Gasteiger partial charge >= 0.3 is 11.8 Å². The summed E-state index contributed by atoms with van der Waals surface area (Å²) in [5, 5.41) is 6.55. The largest absolute Gasteiger partial charge is 0.371 e. The predicted molar refractivity (Wildman–Crippen MR) is 125 cm³/mol. The first kappa shape index (κ1) is 23.0. The highest BCUT2D eigenvalue weighted by Gasteiger charge is 2.19. The highest BCUT2D eigenvalue weighted by Crippen LogP contribution is 2.26. The van der Waals surface area contributed by atoms with E-state index in [1.807, 2.05) is 6.92 Å². The van der Waals surface area contributed by atoms with Gasteiger partial charge in [-0.2, -0.15) is 4.98 Å². The van der Waals surface area contributed by atoms with Crippen LogP contribution in [0.2, 0.25) is 0 Å². The molecule has 1 N–H and O–H groups in total. The van der Waals surface area contributed by atoms with Crippen LogP contribution in [-0.2, 0) is 22.7 Å². The van der Waals surface area contributed by atoms with Crippen LogP contribution in [-0.4, -0.2) is 49.9 Å². The lowest BCUT2D eigenvalue weighted by atomic mass is 10.0. The fourth-order valence-corrected chi connectivity index (χ4v) is 5.17. The van der Waals surface area contributed by atoms with E-state index in [0.29, 0.717) is 6.54 Å². The topological polar surface area (TPSA) is 105 Å². The second-order valence-corrected chi connectivity index (χ2v) is 10.3. The van der Waals surface area contributed by atoms with Crippen LogP contribution >= 0.6 is 0 Å². The molecule has 2 aromatic carbocycles. The van der Waals surface area contributed by atoms with Crippen molar-refractivity contribution in [3.05, 3.63) is 71.4 Å². The molecule has 1 aliphatic rings. The molecule has 0 spiro atoms. The fourth-order valence-electron chi connectivity index (χ4n) is 3.93. The molecule has 0 atom stereocenters. The van der Waals surface area contributed by atoms with Crippen molar-refractivity contribution in [3.8, 4) is 0 Å². The molecule has 1 aromatic heterocycles. The predicted octanol–water partition coefficient (Wildman–Crippen LogP) is 2.97. The second-order valence-electron chi connectivity index (χ2n) is 8.23. The van der Waals surface area contributed by atoms with Crippen molar-refractivity contribution in [3.63, 3.8) is 0 Å². The van der Waals surface area contributed by atoms with E-state index in [4.69, 9.17) is 4.52 Å². The minimum Gasteiger partial charge on any atom is -0.371 e. The van der Waals surface area contributed by atoms with Gasteiger partial charge in [-0.3, -0.25) is 4.79 Å². The first-order valence-corrected chi connectivity index (χ1v) is 12.8. The van der Waals surface area contributed by atoms with Crippen LogP contribution in [0.3, 0.4) is 0 Å². The summed E-state index contributed by atoms with van der Waals surface area (Å²) in [6.45, 7) is 4.25. The van der Waals surface area contributed by atoms with Crippen LogP contribution in [0.15, 0.2) is 57.9 Å². The molecule has 4 rings (SSSR count). The Bertz CT molecular complexity index is 1210. The van der Waals surface area contributed by atoms with Crippen LogP contribution in [0.25, 0.3) is 0 Å². The van der Waals surface area contributed by atoms with E-state index in [9.17, 15) is 13.2 Å². The molecular formula is C24H28N4O4S. The minimum atomic E-state index is -3.46. The Kier molecular flexibility index (Phi) is 7.08. The number of nitrogens with one attached hydrogen (secondary N) is 1. The lowest BCUT2D eigenvalue weighted by Crippen LogP contribution is -2.33. The minimum absolute atomic E-state index is 0.0708. The zero-order chi connectivity index (χ0) is 23.3. The number of aryl methyl sites for hydroxylation is 3. The van der Waals surface area contributed by atoms with Gasteiger partial charge < -0.3 is 14.7 Å². The summed E-state index contributed by atoms with van der Waals surface area (Å²) in [5.41, 5.74) is 3.64. The molecule has 0 fully saturated rings. The van der Waals surface area contributed by atoms with Gasteiger partial charge in [0.1, 0.15) is 0 Å². The number of amides is 1. The lowest BCUT2D eigenvalue weighted by molar-refractivity contribution is 0.0909. The van der Waals surface area contributed by atoms with E-state index >= 15 is 0 Å². The third kappa shape index (κ3) is 5.78. The first-order chi connectivity index (χ1) is 15.9. The van der Waals surface area contributed by atoms with Crippen LogP contribution in [0.4, 0.5) is 5.69 Å². The highest BCUT2D eigenvalue weighted by molar-refractivity contribution is 7.91. The van der Waals surface area contributed by atoms with Crippen molar-refractivity contribution >= 4 is 21.4 Å². The van der Waals surface area contributed by atoms with Crippen molar-refractivity contribution in [2.75, 3.05) is 30.3 Å². The van der Waals surface area contributed by atoms with E-state index in [1.54, 1.807) is 24.3 Å². The van der Waals surface area contributed by atoms with Gasteiger partial charge in [-0.1, -0.05) is 41.1 Å². The summed E-state index contributed by atoms with van der Waals surface area (Å²) in [4.78, 5) is 19.0. The van der Waals surface area contributed by atoms with Gasteiger partial charge in [-0.25, -0.2) is 8.42 Å². The summed E-state index contributed by atoms with van der Waals surface area (Å²) in [6, 6.07) is 15.1. The van der Waals surface area contributed by atoms with Crippen molar-refractivity contribution < 1.29 is 17.7 Å². The average molecular weight is 469 g/mol. The number of anilines is 1. The summed E-state index contributed by atoms with van der Waals surface area (Å²) >= 11 is 0. The normalized spacial score (nSPS) is 13.5. The maximum Gasteiger partial charge on any atom is 0.315 e. The Morgan fingerprint density at radius 2 is 1.94 bits per heavy atom. The van der Waals surface area contributed by atoms with Crippen LogP contribution in [0.5, 0.6) is 0 Å². The highest BCUT2D eigenvalue weighted by atomic mass is 32.2. The van der Waals surface area contributed by atoms with Crippen molar-refractivity contribution in [2.45, 2.75) is 37.5 Å². The third-order valence-electron chi connectivity index (χ3n) is 5.73. The molecule has 0 saturated carbocycles. The van der Waals surface area contributed by atoms with E-state index in [0.717, 1.165) is 37.9 Å². The number of fused-ring (bicyclic) bond motifs is 1. The maximum atomic E-state index is 12.5. The number of hydrogen-bond acceptors (Lipinski definition) is 7. The molecule has 1 amide bonds. The standard InChI is InChI=1S/C24H28N4O4S/c1-18-9-11-20(12-10-18)33(30,31)17-13-22-26-24(32-27-22)23(29)25-14-5-16-28-15-4-7-19-6-2-3-8-21(19)28/h2-3,6,8-12H,4-5,7,13-17H2,1H3,(H,25,29). The van der Waals surface area contributed by atoms with Crippen LogP contribution < -0.4 is 10.2 Å². The quantitative estimate of drug-likeness (QED) is 0.481. The molecule has 0 bridgehead atoms. The van der Waals surface area contributed by atoms with E-state index in [1.165, 1.54) is 11.3 Å². The number of carbonyl (C=O) groups is 1. The average Bonchev–Trinajstić information content (AvgIpc) is 3.30. The number of benzene rings is 2. The smallest absolute Gasteiger partial charge is 0.315 e. The molecule has 2 heterocycles. The Labute approximate surface area is 193 Å². The zero-order valence-corrected chi connectivity index (χ0v) is 19.5. The summed E-state index contributed by atoms with van der Waals surface area (Å²) in [5.74, 6) is -0.565. The van der Waals surface area contributed by atoms with Crippen molar-refractivity contribution in [1.29, 1.82) is 0 Å². The first-order valence-electron chi connectivity index (χ1n) is 11.2. The van der Waals surface area contributed by atoms with Crippen molar-refractivity contribution in [1.82, 2.24) is 15.5 Å². The van der Waals surface area contributed by atoms with E-state index in [-0.39, 0.29) is 28.8 Å². The molecular weight excluding hydrogens is 440 g/mol. The Morgan fingerprint density at radius 1 is 1.15 bits per heavy atom. The number of para-hydroxylation sites is 1. The van der Waals surface area contributed by atoms with Gasteiger partial charge in [0.15, 0.2) is 15.7 Å². The molecule has 1 aliphatic heterocycles. The number of nitrogens with zero attached hydrogens (tertiary/aromatic N) is 3. The van der Waals surface area contributed by atoms with Crippen molar-refractivity contribution in [2.24, 2.45) is 0 Å². The monoisotopic (exact) mass is 468 g/mol. The molecule has 0 unspecified atom stereocenters.